The van der Waals surface area contributed by atoms with Crippen LogP contribution in [-0.2, 0) is 11.2 Å². The Labute approximate surface area is 140 Å². The first-order valence-electron chi connectivity index (χ1n) is 8.41. The normalized spacial score (nSPS) is 26.4. The smallest absolute Gasteiger partial charge is 0.255 e. The molecule has 2 fully saturated rings. The number of carbonyl (C=O) groups is 1. The van der Waals surface area contributed by atoms with Gasteiger partial charge >= 0.3 is 0 Å². The van der Waals surface area contributed by atoms with E-state index in [2.05, 4.69) is 22.1 Å². The van der Waals surface area contributed by atoms with Crippen LogP contribution in [0.15, 0.2) is 31.0 Å². The number of pyridine rings is 1. The van der Waals surface area contributed by atoms with Crippen LogP contribution in [0.4, 0.5) is 0 Å². The van der Waals surface area contributed by atoms with Gasteiger partial charge < -0.3 is 14.2 Å². The van der Waals surface area contributed by atoms with E-state index >= 15 is 0 Å². The van der Waals surface area contributed by atoms with E-state index in [0.29, 0.717) is 18.7 Å². The van der Waals surface area contributed by atoms with Crippen LogP contribution in [-0.4, -0.2) is 55.9 Å². The Hall–Kier alpha value is -2.28. The van der Waals surface area contributed by atoms with E-state index in [-0.39, 0.29) is 17.6 Å². The Morgan fingerprint density at radius 2 is 2.21 bits per heavy atom. The summed E-state index contributed by atoms with van der Waals surface area (Å²) in [7, 11) is 0. The van der Waals surface area contributed by atoms with Gasteiger partial charge in [-0.25, -0.2) is 0 Å². The molecule has 0 saturated carbocycles. The Bertz CT molecular complexity index is 715. The molecule has 4 heterocycles. The molecule has 2 unspecified atom stereocenters. The van der Waals surface area contributed by atoms with Gasteiger partial charge in [-0.3, -0.25) is 9.78 Å². The van der Waals surface area contributed by atoms with Crippen molar-refractivity contribution in [3.8, 4) is 0 Å². The zero-order chi connectivity index (χ0) is 16.6. The highest BCUT2D eigenvalue weighted by atomic mass is 16.5. The topological polar surface area (TPSA) is 73.1 Å². The molecule has 2 aromatic rings. The van der Waals surface area contributed by atoms with Crippen molar-refractivity contribution in [2.24, 2.45) is 0 Å². The van der Waals surface area contributed by atoms with Crippen LogP contribution < -0.4 is 0 Å². The van der Waals surface area contributed by atoms with Crippen molar-refractivity contribution >= 4 is 5.91 Å². The summed E-state index contributed by atoms with van der Waals surface area (Å²) in [6, 6.07) is 4.04. The van der Waals surface area contributed by atoms with E-state index in [0.717, 1.165) is 31.5 Å². The summed E-state index contributed by atoms with van der Waals surface area (Å²) in [5.74, 6) is 0.0402. The number of ether oxygens (including phenoxy) is 1. The zero-order valence-electron chi connectivity index (χ0n) is 13.8. The lowest BCUT2D eigenvalue weighted by molar-refractivity contribution is 0.0118. The van der Waals surface area contributed by atoms with E-state index in [1.165, 1.54) is 0 Å². The minimum absolute atomic E-state index is 0.0402. The lowest BCUT2D eigenvalue weighted by atomic mass is 9.97. The summed E-state index contributed by atoms with van der Waals surface area (Å²) in [4.78, 5) is 18.9. The van der Waals surface area contributed by atoms with Crippen molar-refractivity contribution in [2.75, 3.05) is 19.7 Å². The summed E-state index contributed by atoms with van der Waals surface area (Å²) < 4.78 is 8.10. The second-order valence-corrected chi connectivity index (χ2v) is 6.63. The average molecular weight is 327 g/mol. The summed E-state index contributed by atoms with van der Waals surface area (Å²) in [5.41, 5.74) is 1.42. The van der Waals surface area contributed by atoms with Crippen molar-refractivity contribution in [2.45, 2.75) is 37.8 Å². The second kappa shape index (κ2) is 5.98. The molecule has 7 nitrogen and oxygen atoms in total. The highest BCUT2D eigenvalue weighted by Gasteiger charge is 2.47. The van der Waals surface area contributed by atoms with Crippen molar-refractivity contribution in [3.05, 3.63) is 42.2 Å². The van der Waals surface area contributed by atoms with Gasteiger partial charge in [0.15, 0.2) is 0 Å². The van der Waals surface area contributed by atoms with Crippen LogP contribution >= 0.6 is 0 Å². The molecule has 126 valence electrons. The largest absolute Gasteiger partial charge is 0.371 e. The molecule has 2 aromatic heterocycles. The molecule has 7 heteroatoms. The molecule has 1 spiro atoms. The first kappa shape index (κ1) is 15.3. The van der Waals surface area contributed by atoms with Gasteiger partial charge in [0.25, 0.3) is 5.91 Å². The van der Waals surface area contributed by atoms with Gasteiger partial charge in [-0.1, -0.05) is 6.92 Å². The van der Waals surface area contributed by atoms with Crippen molar-refractivity contribution in [1.82, 2.24) is 24.6 Å². The van der Waals surface area contributed by atoms with Crippen LogP contribution in [0.25, 0.3) is 0 Å². The van der Waals surface area contributed by atoms with Gasteiger partial charge in [0, 0.05) is 24.9 Å². The Morgan fingerprint density at radius 1 is 1.38 bits per heavy atom. The molecule has 0 N–H and O–H groups in total. The Morgan fingerprint density at radius 3 is 2.92 bits per heavy atom. The summed E-state index contributed by atoms with van der Waals surface area (Å²) in [6.45, 7) is 4.06. The molecule has 2 saturated heterocycles. The van der Waals surface area contributed by atoms with E-state index in [4.69, 9.17) is 4.74 Å². The minimum atomic E-state index is -0.235. The molecule has 0 aromatic carbocycles. The molecular formula is C17H21N5O2. The summed E-state index contributed by atoms with van der Waals surface area (Å²) in [5, 5.41) is 7.73. The van der Waals surface area contributed by atoms with Crippen LogP contribution in [0.5, 0.6) is 0 Å². The average Bonchev–Trinajstić information content (AvgIpc) is 3.36. The number of nitrogens with zero attached hydrogens (tertiary/aromatic N) is 5. The maximum Gasteiger partial charge on any atom is 0.255 e. The third kappa shape index (κ3) is 2.69. The number of hydrogen-bond donors (Lipinski definition) is 0. The molecule has 0 bridgehead atoms. The first-order valence-corrected chi connectivity index (χ1v) is 8.41. The number of carbonyl (C=O) groups excluding carboxylic acids is 1. The number of aryl methyl sites for hydroxylation is 1. The molecule has 0 radical (unpaired) electrons. The lowest BCUT2D eigenvalue weighted by Crippen LogP contribution is -2.35. The standard InChI is InChI=1S/C17H21N5O2/c1-2-14-4-3-13(8-18-14)16(23)21-6-5-17(10-21)7-15(9-24-17)22-11-19-20-12-22/h3-4,8,11-12,15H,2,5-7,9-10H2,1H3. The van der Waals surface area contributed by atoms with Gasteiger partial charge in [-0.2, -0.15) is 0 Å². The van der Waals surface area contributed by atoms with Crippen molar-refractivity contribution in [1.29, 1.82) is 0 Å². The van der Waals surface area contributed by atoms with Crippen molar-refractivity contribution < 1.29 is 9.53 Å². The van der Waals surface area contributed by atoms with E-state index < -0.39 is 0 Å². The molecule has 24 heavy (non-hydrogen) atoms. The number of aromatic nitrogens is 4. The molecule has 2 aliphatic rings. The second-order valence-electron chi connectivity index (χ2n) is 6.63. The fourth-order valence-electron chi connectivity index (χ4n) is 3.65. The predicted molar refractivity (Wildman–Crippen MR) is 86.5 cm³/mol. The highest BCUT2D eigenvalue weighted by molar-refractivity contribution is 5.94. The van der Waals surface area contributed by atoms with E-state index in [9.17, 15) is 4.79 Å². The third-order valence-corrected chi connectivity index (χ3v) is 5.09. The van der Waals surface area contributed by atoms with Gasteiger partial charge in [0.05, 0.1) is 30.4 Å². The molecule has 0 aliphatic carbocycles. The number of rotatable bonds is 3. The summed E-state index contributed by atoms with van der Waals surface area (Å²) >= 11 is 0. The van der Waals surface area contributed by atoms with Gasteiger partial charge in [-0.05, 0) is 25.0 Å². The number of amides is 1. The number of likely N-dealkylation sites (tertiary alicyclic amines) is 1. The van der Waals surface area contributed by atoms with Crippen LogP contribution in [0, 0.1) is 0 Å². The molecule has 2 aliphatic heterocycles. The van der Waals surface area contributed by atoms with Crippen molar-refractivity contribution in [3.63, 3.8) is 0 Å². The zero-order valence-corrected chi connectivity index (χ0v) is 13.8. The van der Waals surface area contributed by atoms with Crippen LogP contribution in [0.2, 0.25) is 0 Å². The van der Waals surface area contributed by atoms with Gasteiger partial charge in [-0.15, -0.1) is 10.2 Å². The fourth-order valence-corrected chi connectivity index (χ4v) is 3.65. The maximum atomic E-state index is 12.7. The lowest BCUT2D eigenvalue weighted by Gasteiger charge is -2.23. The SMILES string of the molecule is CCc1ccc(C(=O)N2CCC3(CC(n4cnnc4)CO3)C2)cn1. The van der Waals surface area contributed by atoms with Crippen LogP contribution in [0.3, 0.4) is 0 Å². The molecule has 4 rings (SSSR count). The monoisotopic (exact) mass is 327 g/mol. The molecule has 1 amide bonds. The molecular weight excluding hydrogens is 306 g/mol. The van der Waals surface area contributed by atoms with E-state index in [1.807, 2.05) is 21.6 Å². The minimum Gasteiger partial charge on any atom is -0.371 e. The van der Waals surface area contributed by atoms with E-state index in [1.54, 1.807) is 18.9 Å². The number of hydrogen-bond acceptors (Lipinski definition) is 5. The van der Waals surface area contributed by atoms with Gasteiger partial charge in [0.2, 0.25) is 0 Å². The molecule has 2 atom stereocenters. The Balaban J connectivity index is 1.43. The highest BCUT2D eigenvalue weighted by Crippen LogP contribution is 2.40. The Kier molecular flexibility index (Phi) is 3.80. The fraction of sp³-hybridized carbons (Fsp3) is 0.529. The maximum absolute atomic E-state index is 12.7. The summed E-state index contributed by atoms with van der Waals surface area (Å²) in [6.07, 6.45) is 7.78. The quantitative estimate of drug-likeness (QED) is 0.854. The first-order chi connectivity index (χ1) is 11.7. The van der Waals surface area contributed by atoms with Crippen LogP contribution in [0.1, 0.15) is 41.9 Å². The predicted octanol–water partition coefficient (Wildman–Crippen LogP) is 1.48. The van der Waals surface area contributed by atoms with Gasteiger partial charge in [0.1, 0.15) is 12.7 Å². The third-order valence-electron chi connectivity index (χ3n) is 5.09.